The van der Waals surface area contributed by atoms with Crippen molar-refractivity contribution in [2.75, 3.05) is 7.05 Å². The molecule has 0 radical (unpaired) electrons. The highest BCUT2D eigenvalue weighted by Crippen LogP contribution is 2.12. The summed E-state index contributed by atoms with van der Waals surface area (Å²) in [4.78, 5) is 44.8. The molecule has 0 aliphatic rings. The van der Waals surface area contributed by atoms with E-state index >= 15 is 0 Å². The van der Waals surface area contributed by atoms with Crippen molar-refractivity contribution in [3.05, 3.63) is 52.5 Å². The van der Waals surface area contributed by atoms with Gasteiger partial charge in [-0.1, -0.05) is 6.07 Å². The quantitative estimate of drug-likeness (QED) is 0.494. The molecule has 3 aromatic rings. The lowest BCUT2D eigenvalue weighted by molar-refractivity contribution is -0.128. The molecule has 1 atom stereocenters. The van der Waals surface area contributed by atoms with Crippen molar-refractivity contribution in [3.63, 3.8) is 0 Å². The molecule has 1 aromatic carbocycles. The number of nitrogens with one attached hydrogen (secondary N) is 4. The van der Waals surface area contributed by atoms with E-state index in [4.69, 9.17) is 4.42 Å². The first-order valence-electron chi connectivity index (χ1n) is 7.65. The molecule has 0 spiro atoms. The van der Waals surface area contributed by atoms with E-state index in [-0.39, 0.29) is 18.2 Å². The second-order valence-electron chi connectivity index (χ2n) is 5.54. The third-order valence-electron chi connectivity index (χ3n) is 3.73. The van der Waals surface area contributed by atoms with E-state index in [9.17, 15) is 14.4 Å². The molecule has 0 saturated carbocycles. The number of oxazole rings is 1. The van der Waals surface area contributed by atoms with Gasteiger partial charge in [-0.05, 0) is 17.7 Å². The van der Waals surface area contributed by atoms with Gasteiger partial charge in [-0.3, -0.25) is 14.6 Å². The van der Waals surface area contributed by atoms with Gasteiger partial charge in [0.2, 0.25) is 11.8 Å². The Morgan fingerprint density at radius 3 is 2.92 bits per heavy atom. The SMILES string of the molecule is CNC(=O)[C@H](Cc1cnc[nH]1)NC(=O)Cc1ccc2oc(=O)[nH]c2c1. The number of aromatic amines is 2. The molecule has 0 saturated heterocycles. The van der Waals surface area contributed by atoms with Gasteiger partial charge in [0.1, 0.15) is 6.04 Å². The maximum absolute atomic E-state index is 12.3. The molecule has 2 aromatic heterocycles. The second kappa shape index (κ2) is 7.04. The zero-order valence-electron chi connectivity index (χ0n) is 13.5. The van der Waals surface area contributed by atoms with Gasteiger partial charge in [-0.15, -0.1) is 0 Å². The number of rotatable bonds is 6. The van der Waals surface area contributed by atoms with Crippen LogP contribution in [-0.4, -0.2) is 39.9 Å². The molecule has 4 N–H and O–H groups in total. The molecule has 0 aliphatic carbocycles. The molecule has 0 unspecified atom stereocenters. The highest BCUT2D eigenvalue weighted by molar-refractivity contribution is 5.88. The maximum atomic E-state index is 12.3. The predicted molar refractivity (Wildman–Crippen MR) is 88.8 cm³/mol. The average molecular weight is 343 g/mol. The van der Waals surface area contributed by atoms with Crippen LogP contribution >= 0.6 is 0 Å². The Bertz CT molecular complexity index is 941. The van der Waals surface area contributed by atoms with Crippen molar-refractivity contribution in [1.82, 2.24) is 25.6 Å². The molecular weight excluding hydrogens is 326 g/mol. The molecule has 25 heavy (non-hydrogen) atoms. The maximum Gasteiger partial charge on any atom is 0.417 e. The molecule has 130 valence electrons. The smallest absolute Gasteiger partial charge is 0.408 e. The summed E-state index contributed by atoms with van der Waals surface area (Å²) in [7, 11) is 1.51. The van der Waals surface area contributed by atoms with E-state index in [0.717, 1.165) is 5.69 Å². The van der Waals surface area contributed by atoms with E-state index in [2.05, 4.69) is 25.6 Å². The van der Waals surface area contributed by atoms with Crippen LogP contribution in [0, 0.1) is 0 Å². The predicted octanol–water partition coefficient (Wildman–Crippen LogP) is -0.140. The summed E-state index contributed by atoms with van der Waals surface area (Å²) >= 11 is 0. The standard InChI is InChI=1S/C16H17N5O4/c1-17-15(23)12(6-10-7-18-8-19-10)20-14(22)5-9-2-3-13-11(4-9)21-16(24)25-13/h2-4,7-8,12H,5-6H2,1H3,(H,17,23)(H,18,19)(H,20,22)(H,21,24)/t12-/m0/s1. The van der Waals surface area contributed by atoms with Gasteiger partial charge in [0, 0.05) is 25.4 Å². The zero-order chi connectivity index (χ0) is 17.8. The van der Waals surface area contributed by atoms with Gasteiger partial charge in [0.15, 0.2) is 5.58 Å². The van der Waals surface area contributed by atoms with Crippen LogP contribution in [0.4, 0.5) is 0 Å². The first-order valence-corrected chi connectivity index (χ1v) is 7.65. The van der Waals surface area contributed by atoms with Gasteiger partial charge in [0.05, 0.1) is 18.3 Å². The van der Waals surface area contributed by atoms with Crippen LogP contribution in [0.2, 0.25) is 0 Å². The average Bonchev–Trinajstić information content (AvgIpc) is 3.21. The minimum Gasteiger partial charge on any atom is -0.408 e. The van der Waals surface area contributed by atoms with Crippen LogP contribution in [0.5, 0.6) is 0 Å². The minimum atomic E-state index is -0.713. The van der Waals surface area contributed by atoms with E-state index in [1.54, 1.807) is 24.4 Å². The van der Waals surface area contributed by atoms with E-state index in [0.29, 0.717) is 23.1 Å². The minimum absolute atomic E-state index is 0.0691. The summed E-state index contributed by atoms with van der Waals surface area (Å²) in [5.74, 6) is -1.15. The Balaban J connectivity index is 1.69. The number of hydrogen-bond acceptors (Lipinski definition) is 5. The Kier molecular flexibility index (Phi) is 4.64. The lowest BCUT2D eigenvalue weighted by atomic mass is 10.1. The highest BCUT2D eigenvalue weighted by Gasteiger charge is 2.21. The number of amides is 2. The fraction of sp³-hybridized carbons (Fsp3) is 0.250. The van der Waals surface area contributed by atoms with E-state index in [1.807, 2.05) is 0 Å². The van der Waals surface area contributed by atoms with Crippen molar-refractivity contribution >= 4 is 22.9 Å². The number of aromatic nitrogens is 3. The summed E-state index contributed by atoms with van der Waals surface area (Å²) in [5, 5.41) is 5.25. The number of carbonyl (C=O) groups excluding carboxylic acids is 2. The number of benzene rings is 1. The topological polar surface area (TPSA) is 133 Å². The molecule has 0 fully saturated rings. The van der Waals surface area contributed by atoms with Crippen LogP contribution in [0.1, 0.15) is 11.3 Å². The lowest BCUT2D eigenvalue weighted by Crippen LogP contribution is -2.47. The van der Waals surface area contributed by atoms with Crippen LogP contribution in [0.15, 0.2) is 39.9 Å². The normalized spacial score (nSPS) is 12.0. The monoisotopic (exact) mass is 343 g/mol. The van der Waals surface area contributed by atoms with E-state index < -0.39 is 11.8 Å². The molecule has 2 heterocycles. The summed E-state index contributed by atoms with van der Waals surface area (Å²) in [6.45, 7) is 0. The summed E-state index contributed by atoms with van der Waals surface area (Å²) in [5.41, 5.74) is 2.39. The van der Waals surface area contributed by atoms with Gasteiger partial charge >= 0.3 is 5.76 Å². The van der Waals surface area contributed by atoms with Gasteiger partial charge in [-0.2, -0.15) is 0 Å². The first-order chi connectivity index (χ1) is 12.0. The molecular formula is C16H17N5O4. The summed E-state index contributed by atoms with van der Waals surface area (Å²) < 4.78 is 4.92. The van der Waals surface area contributed by atoms with E-state index in [1.165, 1.54) is 13.4 Å². The molecule has 3 rings (SSSR count). The lowest BCUT2D eigenvalue weighted by Gasteiger charge is -2.16. The Labute approximate surface area is 141 Å². The van der Waals surface area contributed by atoms with Crippen LogP contribution in [0.25, 0.3) is 11.1 Å². The summed E-state index contributed by atoms with van der Waals surface area (Å²) in [6.07, 6.45) is 3.49. The fourth-order valence-corrected chi connectivity index (χ4v) is 2.54. The molecule has 9 nitrogen and oxygen atoms in total. The third-order valence-corrected chi connectivity index (χ3v) is 3.73. The number of nitrogens with zero attached hydrogens (tertiary/aromatic N) is 1. The van der Waals surface area contributed by atoms with Crippen molar-refractivity contribution in [1.29, 1.82) is 0 Å². The Hall–Kier alpha value is -3.36. The Morgan fingerprint density at radius 2 is 2.20 bits per heavy atom. The molecule has 0 bridgehead atoms. The van der Waals surface area contributed by atoms with Crippen LogP contribution < -0.4 is 16.4 Å². The van der Waals surface area contributed by atoms with Crippen molar-refractivity contribution < 1.29 is 14.0 Å². The van der Waals surface area contributed by atoms with Crippen molar-refractivity contribution in [2.24, 2.45) is 0 Å². The zero-order valence-corrected chi connectivity index (χ0v) is 13.5. The number of H-pyrrole nitrogens is 2. The highest BCUT2D eigenvalue weighted by atomic mass is 16.4. The molecule has 9 heteroatoms. The number of imidazole rings is 1. The number of hydrogen-bond donors (Lipinski definition) is 4. The number of likely N-dealkylation sites (N-methyl/N-ethyl adjacent to an activating group) is 1. The van der Waals surface area contributed by atoms with Crippen molar-refractivity contribution in [2.45, 2.75) is 18.9 Å². The molecule has 2 amide bonds. The van der Waals surface area contributed by atoms with Crippen molar-refractivity contribution in [3.8, 4) is 0 Å². The number of fused-ring (bicyclic) bond motifs is 1. The first kappa shape index (κ1) is 16.5. The third kappa shape index (κ3) is 3.94. The molecule has 0 aliphatic heterocycles. The fourth-order valence-electron chi connectivity index (χ4n) is 2.54. The van der Waals surface area contributed by atoms with Gasteiger partial charge in [-0.25, -0.2) is 9.78 Å². The largest absolute Gasteiger partial charge is 0.417 e. The van der Waals surface area contributed by atoms with Crippen LogP contribution in [0.3, 0.4) is 0 Å². The van der Waals surface area contributed by atoms with Crippen LogP contribution in [-0.2, 0) is 22.4 Å². The van der Waals surface area contributed by atoms with Gasteiger partial charge < -0.3 is 20.0 Å². The second-order valence-corrected chi connectivity index (χ2v) is 5.54. The van der Waals surface area contributed by atoms with Gasteiger partial charge in [0.25, 0.3) is 0 Å². The summed E-state index contributed by atoms with van der Waals surface area (Å²) in [6, 6.07) is 4.28. The Morgan fingerprint density at radius 1 is 1.36 bits per heavy atom. The number of carbonyl (C=O) groups is 2.